The first kappa shape index (κ1) is 19.0. The van der Waals surface area contributed by atoms with Crippen LogP contribution in [0.5, 0.6) is 0 Å². The Morgan fingerprint density at radius 2 is 1.91 bits per heavy atom. The Kier molecular flexibility index (Phi) is 6.60. The quantitative estimate of drug-likeness (QED) is 0.835. The SMILES string of the molecule is CC(C)CN(CCC(=O)O)C(=O)Cc1cccc(C(F)(F)F)c1. The topological polar surface area (TPSA) is 57.6 Å². The lowest BCUT2D eigenvalue weighted by atomic mass is 10.1. The highest BCUT2D eigenvalue weighted by molar-refractivity contribution is 5.79. The summed E-state index contributed by atoms with van der Waals surface area (Å²) < 4.78 is 38.1. The molecular weight excluding hydrogens is 311 g/mol. The molecule has 1 rings (SSSR count). The molecule has 0 aliphatic rings. The molecule has 0 atom stereocenters. The van der Waals surface area contributed by atoms with E-state index in [0.29, 0.717) is 6.54 Å². The van der Waals surface area contributed by atoms with Gasteiger partial charge in [0.25, 0.3) is 0 Å². The number of benzene rings is 1. The molecule has 0 saturated carbocycles. The molecule has 0 fully saturated rings. The van der Waals surface area contributed by atoms with Crippen molar-refractivity contribution in [2.45, 2.75) is 32.9 Å². The molecule has 0 bridgehead atoms. The Bertz CT molecular complexity index is 556. The number of rotatable bonds is 7. The Morgan fingerprint density at radius 1 is 1.26 bits per heavy atom. The van der Waals surface area contributed by atoms with Gasteiger partial charge in [-0.3, -0.25) is 9.59 Å². The van der Waals surface area contributed by atoms with Gasteiger partial charge in [0.1, 0.15) is 0 Å². The van der Waals surface area contributed by atoms with Crippen molar-refractivity contribution in [2.75, 3.05) is 13.1 Å². The van der Waals surface area contributed by atoms with Gasteiger partial charge in [-0.25, -0.2) is 0 Å². The van der Waals surface area contributed by atoms with Crippen LogP contribution in [0.2, 0.25) is 0 Å². The first-order chi connectivity index (χ1) is 10.6. The van der Waals surface area contributed by atoms with Crippen molar-refractivity contribution < 1.29 is 27.9 Å². The van der Waals surface area contributed by atoms with Crippen LogP contribution in [-0.2, 0) is 22.2 Å². The molecule has 23 heavy (non-hydrogen) atoms. The van der Waals surface area contributed by atoms with E-state index in [1.165, 1.54) is 17.0 Å². The third kappa shape index (κ3) is 6.71. The molecule has 0 aliphatic carbocycles. The normalized spacial score (nSPS) is 11.6. The molecule has 0 spiro atoms. The minimum atomic E-state index is -4.46. The van der Waals surface area contributed by atoms with E-state index >= 15 is 0 Å². The Hall–Kier alpha value is -2.05. The standard InChI is InChI=1S/C16H20F3NO3/c1-11(2)10-20(7-6-15(22)23)14(21)9-12-4-3-5-13(8-12)16(17,18)19/h3-5,8,11H,6-7,9-10H2,1-2H3,(H,22,23). The summed E-state index contributed by atoms with van der Waals surface area (Å²) in [4.78, 5) is 24.3. The third-order valence-electron chi connectivity index (χ3n) is 3.14. The van der Waals surface area contributed by atoms with E-state index in [1.807, 2.05) is 13.8 Å². The summed E-state index contributed by atoms with van der Waals surface area (Å²) in [5, 5.41) is 8.73. The average Bonchev–Trinajstić information content (AvgIpc) is 2.42. The lowest BCUT2D eigenvalue weighted by Gasteiger charge is -2.24. The fraction of sp³-hybridized carbons (Fsp3) is 0.500. The van der Waals surface area contributed by atoms with Crippen LogP contribution in [0.1, 0.15) is 31.4 Å². The average molecular weight is 331 g/mol. The number of halogens is 3. The van der Waals surface area contributed by atoms with Gasteiger partial charge in [0, 0.05) is 13.1 Å². The number of carbonyl (C=O) groups excluding carboxylic acids is 1. The maximum atomic E-state index is 12.7. The predicted octanol–water partition coefficient (Wildman–Crippen LogP) is 3.21. The van der Waals surface area contributed by atoms with Crippen LogP contribution in [0, 0.1) is 5.92 Å². The van der Waals surface area contributed by atoms with Gasteiger partial charge in [0.15, 0.2) is 0 Å². The lowest BCUT2D eigenvalue weighted by Crippen LogP contribution is -2.37. The van der Waals surface area contributed by atoms with Gasteiger partial charge in [0.2, 0.25) is 5.91 Å². The molecule has 0 radical (unpaired) electrons. The molecule has 0 aromatic heterocycles. The summed E-state index contributed by atoms with van der Waals surface area (Å²) in [5.41, 5.74) is -0.544. The summed E-state index contributed by atoms with van der Waals surface area (Å²) in [6, 6.07) is 4.61. The molecule has 0 aliphatic heterocycles. The van der Waals surface area contributed by atoms with Crippen LogP contribution >= 0.6 is 0 Å². The molecule has 1 N–H and O–H groups in total. The van der Waals surface area contributed by atoms with Crippen LogP contribution in [-0.4, -0.2) is 35.0 Å². The molecular formula is C16H20F3NO3. The van der Waals surface area contributed by atoms with Gasteiger partial charge < -0.3 is 10.0 Å². The molecule has 0 saturated heterocycles. The van der Waals surface area contributed by atoms with Gasteiger partial charge in [-0.05, 0) is 17.5 Å². The Balaban J connectivity index is 2.83. The third-order valence-corrected chi connectivity index (χ3v) is 3.14. The van der Waals surface area contributed by atoms with E-state index in [0.717, 1.165) is 12.1 Å². The molecule has 4 nitrogen and oxygen atoms in total. The summed E-state index contributed by atoms with van der Waals surface area (Å²) in [5.74, 6) is -1.26. The fourth-order valence-corrected chi connectivity index (χ4v) is 2.13. The van der Waals surface area contributed by atoms with E-state index in [9.17, 15) is 22.8 Å². The number of carboxylic acid groups (broad SMARTS) is 1. The predicted molar refractivity (Wildman–Crippen MR) is 78.8 cm³/mol. The van der Waals surface area contributed by atoms with Crippen LogP contribution in [0.15, 0.2) is 24.3 Å². The molecule has 1 aromatic rings. The van der Waals surface area contributed by atoms with Crippen molar-refractivity contribution in [1.82, 2.24) is 4.90 Å². The maximum absolute atomic E-state index is 12.7. The maximum Gasteiger partial charge on any atom is 0.416 e. The highest BCUT2D eigenvalue weighted by Crippen LogP contribution is 2.29. The van der Waals surface area contributed by atoms with Crippen LogP contribution in [0.4, 0.5) is 13.2 Å². The van der Waals surface area contributed by atoms with E-state index in [2.05, 4.69) is 0 Å². The second-order valence-electron chi connectivity index (χ2n) is 5.75. The Labute approximate surface area is 132 Å². The van der Waals surface area contributed by atoms with E-state index < -0.39 is 17.7 Å². The van der Waals surface area contributed by atoms with E-state index in [4.69, 9.17) is 5.11 Å². The van der Waals surface area contributed by atoms with E-state index in [-0.39, 0.29) is 36.8 Å². The number of amides is 1. The number of aliphatic carboxylic acids is 1. The van der Waals surface area contributed by atoms with Crippen molar-refractivity contribution in [3.05, 3.63) is 35.4 Å². The zero-order valence-electron chi connectivity index (χ0n) is 13.1. The molecule has 0 heterocycles. The van der Waals surface area contributed by atoms with Gasteiger partial charge >= 0.3 is 12.1 Å². The van der Waals surface area contributed by atoms with Crippen molar-refractivity contribution in [3.63, 3.8) is 0 Å². The summed E-state index contributed by atoms with van der Waals surface area (Å²) in [6.07, 6.45) is -4.84. The van der Waals surface area contributed by atoms with Gasteiger partial charge in [-0.1, -0.05) is 32.0 Å². The molecule has 1 amide bonds. The number of hydrogen-bond donors (Lipinski definition) is 1. The smallest absolute Gasteiger partial charge is 0.416 e. The Morgan fingerprint density at radius 3 is 2.43 bits per heavy atom. The highest BCUT2D eigenvalue weighted by Gasteiger charge is 2.30. The number of alkyl halides is 3. The molecule has 0 unspecified atom stereocenters. The molecule has 1 aromatic carbocycles. The summed E-state index contributed by atoms with van der Waals surface area (Å²) in [6.45, 7) is 4.17. The second kappa shape index (κ2) is 7.99. The summed E-state index contributed by atoms with van der Waals surface area (Å²) in [7, 11) is 0. The van der Waals surface area contributed by atoms with Crippen molar-refractivity contribution in [2.24, 2.45) is 5.92 Å². The first-order valence-electron chi connectivity index (χ1n) is 7.25. The number of hydrogen-bond acceptors (Lipinski definition) is 2. The number of carboxylic acids is 1. The first-order valence-corrected chi connectivity index (χ1v) is 7.25. The second-order valence-corrected chi connectivity index (χ2v) is 5.75. The minimum Gasteiger partial charge on any atom is -0.481 e. The highest BCUT2D eigenvalue weighted by atomic mass is 19.4. The van der Waals surface area contributed by atoms with Crippen LogP contribution in [0.3, 0.4) is 0 Å². The zero-order valence-corrected chi connectivity index (χ0v) is 13.1. The summed E-state index contributed by atoms with van der Waals surface area (Å²) >= 11 is 0. The van der Waals surface area contributed by atoms with Crippen molar-refractivity contribution in [1.29, 1.82) is 0 Å². The monoisotopic (exact) mass is 331 g/mol. The van der Waals surface area contributed by atoms with Crippen molar-refractivity contribution in [3.8, 4) is 0 Å². The number of nitrogens with zero attached hydrogens (tertiary/aromatic N) is 1. The fourth-order valence-electron chi connectivity index (χ4n) is 2.13. The van der Waals surface area contributed by atoms with Crippen molar-refractivity contribution >= 4 is 11.9 Å². The van der Waals surface area contributed by atoms with Gasteiger partial charge in [0.05, 0.1) is 18.4 Å². The zero-order chi connectivity index (χ0) is 17.6. The number of carbonyl (C=O) groups is 2. The lowest BCUT2D eigenvalue weighted by molar-refractivity contribution is -0.139. The largest absolute Gasteiger partial charge is 0.481 e. The van der Waals surface area contributed by atoms with E-state index in [1.54, 1.807) is 0 Å². The van der Waals surface area contributed by atoms with Crippen LogP contribution < -0.4 is 0 Å². The van der Waals surface area contributed by atoms with Gasteiger partial charge in [-0.15, -0.1) is 0 Å². The molecule has 128 valence electrons. The van der Waals surface area contributed by atoms with Gasteiger partial charge in [-0.2, -0.15) is 13.2 Å². The van der Waals surface area contributed by atoms with Crippen LogP contribution in [0.25, 0.3) is 0 Å². The molecule has 7 heteroatoms. The minimum absolute atomic E-state index is 0.0469.